The van der Waals surface area contributed by atoms with Crippen molar-refractivity contribution in [2.75, 3.05) is 0 Å². The molecular formula is C9H8BrFO. The van der Waals surface area contributed by atoms with Crippen molar-refractivity contribution in [3.8, 4) is 0 Å². The number of aryl methyl sites for hydroxylation is 1. The maximum absolute atomic E-state index is 13.2. The molecule has 0 spiro atoms. The first kappa shape index (κ1) is 8.20. The van der Waals surface area contributed by atoms with Gasteiger partial charge in [-0.1, -0.05) is 15.9 Å². The summed E-state index contributed by atoms with van der Waals surface area (Å²) in [4.78, 5) is 0. The Balaban J connectivity index is 2.60. The summed E-state index contributed by atoms with van der Waals surface area (Å²) < 4.78 is 14.0. The van der Waals surface area contributed by atoms with Gasteiger partial charge in [-0.2, -0.15) is 0 Å². The fourth-order valence-corrected chi connectivity index (χ4v) is 2.13. The molecule has 0 saturated heterocycles. The van der Waals surface area contributed by atoms with Crippen LogP contribution in [0.3, 0.4) is 0 Å². The number of aliphatic hydroxyl groups excluding tert-OH is 1. The predicted molar refractivity (Wildman–Crippen MR) is 47.4 cm³/mol. The van der Waals surface area contributed by atoms with Gasteiger partial charge in [0.15, 0.2) is 0 Å². The summed E-state index contributed by atoms with van der Waals surface area (Å²) in [7, 11) is 0. The molecule has 0 heterocycles. The normalized spacial score (nSPS) is 21.1. The lowest BCUT2D eigenvalue weighted by atomic mass is 10.1. The van der Waals surface area contributed by atoms with Crippen LogP contribution >= 0.6 is 15.9 Å². The van der Waals surface area contributed by atoms with Crippen molar-refractivity contribution < 1.29 is 9.50 Å². The van der Waals surface area contributed by atoms with E-state index in [1.807, 2.05) is 6.07 Å². The second kappa shape index (κ2) is 2.82. The van der Waals surface area contributed by atoms with Gasteiger partial charge in [0.05, 0.1) is 6.10 Å². The third kappa shape index (κ3) is 1.17. The van der Waals surface area contributed by atoms with Crippen molar-refractivity contribution in [1.29, 1.82) is 0 Å². The summed E-state index contributed by atoms with van der Waals surface area (Å²) in [6, 6.07) is 3.27. The zero-order chi connectivity index (χ0) is 8.72. The summed E-state index contributed by atoms with van der Waals surface area (Å²) in [6.07, 6.45) is 0.809. The number of fused-ring (bicyclic) bond motifs is 1. The Hall–Kier alpha value is -0.410. The number of aliphatic hydroxyl groups is 1. The van der Waals surface area contributed by atoms with E-state index in [1.165, 1.54) is 6.07 Å². The molecule has 3 heteroatoms. The van der Waals surface area contributed by atoms with Gasteiger partial charge in [-0.15, -0.1) is 0 Å². The Kier molecular flexibility index (Phi) is 1.93. The molecule has 0 aliphatic heterocycles. The topological polar surface area (TPSA) is 20.2 Å². The number of benzene rings is 1. The van der Waals surface area contributed by atoms with Gasteiger partial charge >= 0.3 is 0 Å². The van der Waals surface area contributed by atoms with Crippen LogP contribution in [0.2, 0.25) is 0 Å². The Morgan fingerprint density at radius 1 is 1.50 bits per heavy atom. The molecule has 0 bridgehead atoms. The SMILES string of the molecule is OC1CCc2cc(Br)cc(F)c21. The molecule has 1 unspecified atom stereocenters. The minimum atomic E-state index is -0.604. The lowest BCUT2D eigenvalue weighted by molar-refractivity contribution is 0.176. The molecule has 1 nitrogen and oxygen atoms in total. The minimum absolute atomic E-state index is 0.302. The van der Waals surface area contributed by atoms with Crippen molar-refractivity contribution in [2.45, 2.75) is 18.9 Å². The zero-order valence-corrected chi connectivity index (χ0v) is 7.94. The first-order valence-corrected chi connectivity index (χ1v) is 4.63. The average Bonchev–Trinajstić information content (AvgIpc) is 2.31. The molecule has 0 radical (unpaired) electrons. The van der Waals surface area contributed by atoms with Gasteiger partial charge < -0.3 is 5.11 Å². The Morgan fingerprint density at radius 3 is 3.00 bits per heavy atom. The van der Waals surface area contributed by atoms with Gasteiger partial charge in [-0.25, -0.2) is 4.39 Å². The van der Waals surface area contributed by atoms with E-state index in [0.29, 0.717) is 12.0 Å². The largest absolute Gasteiger partial charge is 0.388 e. The number of hydrogen-bond acceptors (Lipinski definition) is 1. The van der Waals surface area contributed by atoms with E-state index in [-0.39, 0.29) is 5.82 Å². The Labute approximate surface area is 78.3 Å². The van der Waals surface area contributed by atoms with E-state index in [1.54, 1.807) is 0 Å². The van der Waals surface area contributed by atoms with Crippen LogP contribution in [0.5, 0.6) is 0 Å². The van der Waals surface area contributed by atoms with E-state index in [4.69, 9.17) is 0 Å². The highest BCUT2D eigenvalue weighted by molar-refractivity contribution is 9.10. The number of halogens is 2. The monoisotopic (exact) mass is 230 g/mol. The molecule has 1 aromatic carbocycles. The third-order valence-electron chi connectivity index (χ3n) is 2.20. The van der Waals surface area contributed by atoms with Crippen molar-refractivity contribution in [2.24, 2.45) is 0 Å². The van der Waals surface area contributed by atoms with Crippen LogP contribution < -0.4 is 0 Å². The third-order valence-corrected chi connectivity index (χ3v) is 2.66. The highest BCUT2D eigenvalue weighted by Gasteiger charge is 2.24. The highest BCUT2D eigenvalue weighted by Crippen LogP contribution is 2.34. The van der Waals surface area contributed by atoms with Crippen LogP contribution in [0, 0.1) is 5.82 Å². The molecule has 0 aromatic heterocycles. The quantitative estimate of drug-likeness (QED) is 0.727. The van der Waals surface area contributed by atoms with Crippen LogP contribution in [0.15, 0.2) is 16.6 Å². The predicted octanol–water partition coefficient (Wildman–Crippen LogP) is 2.57. The second-order valence-corrected chi connectivity index (χ2v) is 3.93. The molecule has 1 aliphatic carbocycles. The Morgan fingerprint density at radius 2 is 2.25 bits per heavy atom. The number of hydrogen-bond donors (Lipinski definition) is 1. The van der Waals surface area contributed by atoms with Crippen LogP contribution in [-0.2, 0) is 6.42 Å². The lowest BCUT2D eigenvalue weighted by Crippen LogP contribution is -1.94. The van der Waals surface area contributed by atoms with E-state index in [9.17, 15) is 9.50 Å². The summed E-state index contributed by atoms with van der Waals surface area (Å²) >= 11 is 3.21. The van der Waals surface area contributed by atoms with Gasteiger partial charge in [-0.05, 0) is 30.5 Å². The molecular weight excluding hydrogens is 223 g/mol. The average molecular weight is 231 g/mol. The smallest absolute Gasteiger partial charge is 0.130 e. The molecule has 1 atom stereocenters. The van der Waals surface area contributed by atoms with Crippen molar-refractivity contribution >= 4 is 15.9 Å². The maximum atomic E-state index is 13.2. The molecule has 0 amide bonds. The van der Waals surface area contributed by atoms with Crippen LogP contribution in [0.1, 0.15) is 23.7 Å². The number of rotatable bonds is 0. The van der Waals surface area contributed by atoms with Gasteiger partial charge in [0.25, 0.3) is 0 Å². The first-order valence-electron chi connectivity index (χ1n) is 3.84. The van der Waals surface area contributed by atoms with Crippen molar-refractivity contribution in [1.82, 2.24) is 0 Å². The minimum Gasteiger partial charge on any atom is -0.388 e. The van der Waals surface area contributed by atoms with Gasteiger partial charge in [0, 0.05) is 10.0 Å². The van der Waals surface area contributed by atoms with Gasteiger partial charge in [0.1, 0.15) is 5.82 Å². The second-order valence-electron chi connectivity index (χ2n) is 3.01. The lowest BCUT2D eigenvalue weighted by Gasteiger charge is -2.05. The molecule has 1 N–H and O–H groups in total. The fourth-order valence-electron chi connectivity index (χ4n) is 1.65. The zero-order valence-electron chi connectivity index (χ0n) is 6.35. The fraction of sp³-hybridized carbons (Fsp3) is 0.333. The van der Waals surface area contributed by atoms with E-state index in [2.05, 4.69) is 15.9 Å². The summed E-state index contributed by atoms with van der Waals surface area (Å²) in [5.41, 5.74) is 1.41. The molecule has 64 valence electrons. The van der Waals surface area contributed by atoms with E-state index >= 15 is 0 Å². The standard InChI is InChI=1S/C9H8BrFO/c10-6-3-5-1-2-8(12)9(5)7(11)4-6/h3-4,8,12H,1-2H2. The van der Waals surface area contributed by atoms with Crippen molar-refractivity contribution in [3.05, 3.63) is 33.5 Å². The maximum Gasteiger partial charge on any atom is 0.130 e. The molecule has 12 heavy (non-hydrogen) atoms. The van der Waals surface area contributed by atoms with Crippen LogP contribution in [0.25, 0.3) is 0 Å². The molecule has 0 saturated carbocycles. The van der Waals surface area contributed by atoms with E-state index in [0.717, 1.165) is 16.5 Å². The van der Waals surface area contributed by atoms with Crippen LogP contribution in [-0.4, -0.2) is 5.11 Å². The molecule has 0 fully saturated rings. The first-order chi connectivity index (χ1) is 5.68. The summed E-state index contributed by atoms with van der Waals surface area (Å²) in [5.74, 6) is -0.302. The van der Waals surface area contributed by atoms with Gasteiger partial charge in [0.2, 0.25) is 0 Å². The molecule has 2 rings (SSSR count). The molecule has 1 aliphatic rings. The summed E-state index contributed by atoms with van der Waals surface area (Å²) in [6.45, 7) is 0. The Bertz CT molecular complexity index is 325. The van der Waals surface area contributed by atoms with Gasteiger partial charge in [-0.3, -0.25) is 0 Å². The molecule has 1 aromatic rings. The summed E-state index contributed by atoms with van der Waals surface area (Å²) in [5, 5.41) is 9.40. The van der Waals surface area contributed by atoms with Crippen LogP contribution in [0.4, 0.5) is 4.39 Å². The highest BCUT2D eigenvalue weighted by atomic mass is 79.9. The van der Waals surface area contributed by atoms with E-state index < -0.39 is 6.10 Å². The van der Waals surface area contributed by atoms with Crippen molar-refractivity contribution in [3.63, 3.8) is 0 Å².